The van der Waals surface area contributed by atoms with Crippen LogP contribution in [0.25, 0.3) is 0 Å². The van der Waals surface area contributed by atoms with E-state index in [9.17, 15) is 0 Å². The first-order valence-corrected chi connectivity index (χ1v) is 5.09. The molecule has 0 radical (unpaired) electrons. The summed E-state index contributed by atoms with van der Waals surface area (Å²) in [6.07, 6.45) is 9.18. The van der Waals surface area contributed by atoms with Gasteiger partial charge in [-0.2, -0.15) is 0 Å². The Morgan fingerprint density at radius 3 is 3.15 bits per heavy atom. The van der Waals surface area contributed by atoms with Gasteiger partial charge >= 0.3 is 0 Å². The van der Waals surface area contributed by atoms with Gasteiger partial charge in [0.2, 0.25) is 0 Å². The molecule has 2 rings (SSSR count). The average Bonchev–Trinajstić information content (AvgIpc) is 2.18. The maximum atomic E-state index is 4.41. The van der Waals surface area contributed by atoms with Crippen molar-refractivity contribution in [2.24, 2.45) is 4.99 Å². The molecule has 0 atom stereocenters. The van der Waals surface area contributed by atoms with Crippen LogP contribution in [0.2, 0.25) is 0 Å². The summed E-state index contributed by atoms with van der Waals surface area (Å²) >= 11 is 0. The lowest BCUT2D eigenvalue weighted by Crippen LogP contribution is -2.28. The molecular formula is C11H16N2. The van der Waals surface area contributed by atoms with E-state index < -0.39 is 0 Å². The number of rotatable bonds is 1. The molecule has 1 N–H and O–H groups in total. The van der Waals surface area contributed by atoms with Gasteiger partial charge in [0, 0.05) is 18.7 Å². The summed E-state index contributed by atoms with van der Waals surface area (Å²) in [4.78, 5) is 4.41. The van der Waals surface area contributed by atoms with Gasteiger partial charge in [-0.25, -0.2) is 0 Å². The zero-order valence-electron chi connectivity index (χ0n) is 8.14. The maximum absolute atomic E-state index is 4.41. The van der Waals surface area contributed by atoms with Crippen molar-refractivity contribution in [1.82, 2.24) is 5.32 Å². The topological polar surface area (TPSA) is 24.4 Å². The molecule has 0 bridgehead atoms. The molecule has 2 aliphatic rings. The van der Waals surface area contributed by atoms with Crippen molar-refractivity contribution in [1.29, 1.82) is 0 Å². The highest BCUT2D eigenvalue weighted by molar-refractivity contribution is 5.86. The van der Waals surface area contributed by atoms with Crippen LogP contribution in [0.15, 0.2) is 28.4 Å². The van der Waals surface area contributed by atoms with Crippen LogP contribution in [-0.4, -0.2) is 12.4 Å². The molecule has 0 amide bonds. The number of nitrogens with zero attached hydrogens (tertiary/aromatic N) is 1. The van der Waals surface area contributed by atoms with Gasteiger partial charge in [-0.1, -0.05) is 6.08 Å². The number of amidine groups is 1. The van der Waals surface area contributed by atoms with Crippen molar-refractivity contribution in [2.75, 3.05) is 6.54 Å². The third kappa shape index (κ3) is 1.82. The fraction of sp³-hybridized carbons (Fsp3) is 0.545. The normalized spacial score (nSPS) is 24.5. The summed E-state index contributed by atoms with van der Waals surface area (Å²) in [6, 6.07) is 0. The van der Waals surface area contributed by atoms with E-state index in [1.54, 1.807) is 5.57 Å². The summed E-state index contributed by atoms with van der Waals surface area (Å²) in [6.45, 7) is 2.96. The molecule has 2 nitrogen and oxygen atoms in total. The largest absolute Gasteiger partial charge is 0.344 e. The molecule has 0 fully saturated rings. The Kier molecular flexibility index (Phi) is 2.48. The highest BCUT2D eigenvalue weighted by Crippen LogP contribution is 2.25. The quantitative estimate of drug-likeness (QED) is 0.651. The second-order valence-corrected chi connectivity index (χ2v) is 3.50. The van der Waals surface area contributed by atoms with Gasteiger partial charge in [0.15, 0.2) is 0 Å². The van der Waals surface area contributed by atoms with E-state index in [1.165, 1.54) is 25.0 Å². The van der Waals surface area contributed by atoms with Gasteiger partial charge in [-0.3, -0.25) is 4.99 Å². The summed E-state index contributed by atoms with van der Waals surface area (Å²) in [5, 5.41) is 3.40. The highest BCUT2D eigenvalue weighted by atomic mass is 15.0. The van der Waals surface area contributed by atoms with Gasteiger partial charge in [-0.15, -0.1) is 0 Å². The number of nitrogens with one attached hydrogen (secondary N) is 1. The average molecular weight is 176 g/mol. The molecule has 0 spiro atoms. The Bertz CT molecular complexity index is 284. The monoisotopic (exact) mass is 176 g/mol. The van der Waals surface area contributed by atoms with E-state index in [1.807, 2.05) is 0 Å². The Morgan fingerprint density at radius 2 is 2.31 bits per heavy atom. The molecule has 0 saturated carbocycles. The van der Waals surface area contributed by atoms with Gasteiger partial charge < -0.3 is 5.32 Å². The van der Waals surface area contributed by atoms with E-state index in [2.05, 4.69) is 29.4 Å². The first-order valence-electron chi connectivity index (χ1n) is 5.09. The minimum Gasteiger partial charge on any atom is -0.344 e. The van der Waals surface area contributed by atoms with E-state index >= 15 is 0 Å². The predicted molar refractivity (Wildman–Crippen MR) is 55.7 cm³/mol. The van der Waals surface area contributed by atoms with Gasteiger partial charge in [0.05, 0.1) is 0 Å². The summed E-state index contributed by atoms with van der Waals surface area (Å²) < 4.78 is 0. The predicted octanol–water partition coefficient (Wildman–Crippen LogP) is 2.39. The summed E-state index contributed by atoms with van der Waals surface area (Å²) in [7, 11) is 0. The highest BCUT2D eigenvalue weighted by Gasteiger charge is 2.15. The molecule has 0 aromatic rings. The number of aliphatic imine (C=N–C) groups is 1. The SMILES string of the molecule is CCN=C1CCC2=C(C=CCC2)N1. The standard InChI is InChI=1S/C11H16N2/c1-2-12-11-8-7-9-5-3-4-6-10(9)13-11/h4,6H,2-3,5,7-8H2,1H3,(H,12,13). The molecule has 2 heteroatoms. The van der Waals surface area contributed by atoms with Crippen molar-refractivity contribution >= 4 is 5.84 Å². The van der Waals surface area contributed by atoms with Crippen LogP contribution in [0, 0.1) is 0 Å². The molecule has 1 aliphatic carbocycles. The molecule has 0 aromatic carbocycles. The fourth-order valence-corrected chi connectivity index (χ4v) is 1.90. The molecule has 1 heterocycles. The molecule has 13 heavy (non-hydrogen) atoms. The number of hydrogen-bond acceptors (Lipinski definition) is 1. The maximum Gasteiger partial charge on any atom is 0.101 e. The number of hydrogen-bond donors (Lipinski definition) is 1. The molecule has 0 aromatic heterocycles. The van der Waals surface area contributed by atoms with E-state index in [4.69, 9.17) is 0 Å². The number of allylic oxidation sites excluding steroid dienone is 3. The zero-order valence-corrected chi connectivity index (χ0v) is 8.14. The zero-order chi connectivity index (χ0) is 9.10. The second kappa shape index (κ2) is 3.77. The summed E-state index contributed by atoms with van der Waals surface area (Å²) in [5.41, 5.74) is 2.89. The van der Waals surface area contributed by atoms with E-state index in [-0.39, 0.29) is 0 Å². The lowest BCUT2D eigenvalue weighted by atomic mass is 9.95. The Morgan fingerprint density at radius 1 is 1.38 bits per heavy atom. The van der Waals surface area contributed by atoms with E-state index in [0.29, 0.717) is 0 Å². The Hall–Kier alpha value is -1.05. The Labute approximate surface area is 79.4 Å². The van der Waals surface area contributed by atoms with Crippen molar-refractivity contribution in [3.63, 3.8) is 0 Å². The van der Waals surface area contributed by atoms with Crippen molar-refractivity contribution in [3.8, 4) is 0 Å². The van der Waals surface area contributed by atoms with Gasteiger partial charge in [0.1, 0.15) is 5.84 Å². The van der Waals surface area contributed by atoms with Crippen molar-refractivity contribution in [2.45, 2.75) is 32.6 Å². The van der Waals surface area contributed by atoms with Crippen LogP contribution in [0.3, 0.4) is 0 Å². The smallest absolute Gasteiger partial charge is 0.101 e. The van der Waals surface area contributed by atoms with Crippen LogP contribution >= 0.6 is 0 Å². The Balaban J connectivity index is 2.14. The minimum atomic E-state index is 0.884. The molecule has 1 aliphatic heterocycles. The van der Waals surface area contributed by atoms with E-state index in [0.717, 1.165) is 18.8 Å². The van der Waals surface area contributed by atoms with Crippen LogP contribution in [0.4, 0.5) is 0 Å². The second-order valence-electron chi connectivity index (χ2n) is 3.50. The first-order chi connectivity index (χ1) is 6.40. The first kappa shape index (κ1) is 8.54. The van der Waals surface area contributed by atoms with Crippen molar-refractivity contribution in [3.05, 3.63) is 23.4 Å². The third-order valence-electron chi connectivity index (χ3n) is 2.57. The minimum absolute atomic E-state index is 0.884. The van der Waals surface area contributed by atoms with Crippen LogP contribution < -0.4 is 5.32 Å². The molecule has 0 unspecified atom stereocenters. The van der Waals surface area contributed by atoms with Gasteiger partial charge in [-0.05, 0) is 37.8 Å². The fourth-order valence-electron chi connectivity index (χ4n) is 1.90. The third-order valence-corrected chi connectivity index (χ3v) is 2.57. The molecule has 70 valence electrons. The van der Waals surface area contributed by atoms with Crippen molar-refractivity contribution < 1.29 is 0 Å². The van der Waals surface area contributed by atoms with Gasteiger partial charge in [0.25, 0.3) is 0 Å². The lowest BCUT2D eigenvalue weighted by Gasteiger charge is -2.23. The van der Waals surface area contributed by atoms with Crippen LogP contribution in [-0.2, 0) is 0 Å². The van der Waals surface area contributed by atoms with Crippen LogP contribution in [0.5, 0.6) is 0 Å². The molecule has 0 saturated heterocycles. The molecular weight excluding hydrogens is 160 g/mol. The lowest BCUT2D eigenvalue weighted by molar-refractivity contribution is 0.785. The van der Waals surface area contributed by atoms with Crippen LogP contribution in [0.1, 0.15) is 32.6 Å². The summed E-state index contributed by atoms with van der Waals surface area (Å²) in [5.74, 6) is 1.16.